The summed E-state index contributed by atoms with van der Waals surface area (Å²) < 4.78 is 34.0. The van der Waals surface area contributed by atoms with E-state index in [1.807, 2.05) is 0 Å². The van der Waals surface area contributed by atoms with E-state index in [-0.39, 0.29) is 19.0 Å². The van der Waals surface area contributed by atoms with Crippen LogP contribution in [0.5, 0.6) is 0 Å². The van der Waals surface area contributed by atoms with E-state index in [9.17, 15) is 28.8 Å². The van der Waals surface area contributed by atoms with Crippen LogP contribution in [-0.4, -0.2) is 77.1 Å². The van der Waals surface area contributed by atoms with Crippen molar-refractivity contribution in [1.82, 2.24) is 9.67 Å². The molecule has 0 bridgehead atoms. The molecule has 0 amide bonds. The topological polar surface area (TPSA) is 180 Å². The average Bonchev–Trinajstić information content (AvgIpc) is 3.12. The van der Waals surface area contributed by atoms with Gasteiger partial charge in [-0.05, 0) is 18.8 Å². The second-order valence-corrected chi connectivity index (χ2v) is 7.87. The van der Waals surface area contributed by atoms with Crippen LogP contribution in [0.4, 0.5) is 4.79 Å². The van der Waals surface area contributed by atoms with Gasteiger partial charge in [-0.3, -0.25) is 24.0 Å². The van der Waals surface area contributed by atoms with Crippen LogP contribution in [0.15, 0.2) is 0 Å². The van der Waals surface area contributed by atoms with E-state index in [1.54, 1.807) is 20.8 Å². The second kappa shape index (κ2) is 14.6. The van der Waals surface area contributed by atoms with Gasteiger partial charge in [0.05, 0.1) is 6.61 Å². The number of carbonyl (C=O) groups excluding carboxylic acids is 6. The van der Waals surface area contributed by atoms with Gasteiger partial charge in [-0.1, -0.05) is 4.68 Å². The zero-order chi connectivity index (χ0) is 29.2. The van der Waals surface area contributed by atoms with Crippen molar-refractivity contribution in [1.29, 1.82) is 0 Å². The molecule has 1 aromatic heterocycles. The Kier molecular flexibility index (Phi) is 12.3. The number of aryl methyl sites for hydroxylation is 1. The first-order valence-electron chi connectivity index (χ1n) is 11.7. The molecule has 0 saturated heterocycles. The first kappa shape index (κ1) is 32.0. The van der Waals surface area contributed by atoms with Crippen molar-refractivity contribution in [2.45, 2.75) is 86.4 Å². The van der Waals surface area contributed by atoms with E-state index < -0.39 is 67.0 Å². The van der Waals surface area contributed by atoms with Gasteiger partial charge in [0, 0.05) is 41.5 Å². The van der Waals surface area contributed by atoms with Gasteiger partial charge in [-0.25, -0.2) is 4.79 Å². The van der Waals surface area contributed by atoms with Crippen molar-refractivity contribution >= 4 is 35.9 Å². The molecule has 0 aliphatic rings. The van der Waals surface area contributed by atoms with E-state index in [1.165, 1.54) is 4.68 Å². The molecule has 1 rings (SSSR count). The summed E-state index contributed by atoms with van der Waals surface area (Å²) in [5, 5.41) is 0. The number of hydrogen-bond donors (Lipinski definition) is 0. The fourth-order valence-corrected chi connectivity index (χ4v) is 3.56. The zero-order valence-corrected chi connectivity index (χ0v) is 22.7. The molecule has 15 heteroatoms. The Labute approximate surface area is 219 Å². The summed E-state index contributed by atoms with van der Waals surface area (Å²) in [6, 6.07) is 0. The average molecular weight is 545 g/mol. The van der Waals surface area contributed by atoms with Gasteiger partial charge in [-0.2, -0.15) is 0 Å². The predicted molar refractivity (Wildman–Crippen MR) is 123 cm³/mol. The number of nitrogens with zero attached hydrogens (tertiary/aromatic N) is 3. The number of esters is 5. The largest absolute Gasteiger partial charge is 0.462 e. The number of hydrogen-bond acceptors (Lipinski definition) is 13. The Morgan fingerprint density at radius 3 is 1.74 bits per heavy atom. The van der Waals surface area contributed by atoms with Crippen LogP contribution in [0.25, 0.3) is 0 Å². The Hall–Kier alpha value is -4.04. The number of carbonyl (C=O) groups is 6. The van der Waals surface area contributed by atoms with Crippen LogP contribution in [-0.2, 0) is 58.9 Å². The number of rotatable bonds is 12. The molecule has 0 N–H and O–H groups in total. The van der Waals surface area contributed by atoms with E-state index in [4.69, 9.17) is 28.4 Å². The van der Waals surface area contributed by atoms with Gasteiger partial charge in [0.15, 0.2) is 18.3 Å². The molecule has 0 radical (unpaired) electrons. The minimum Gasteiger partial charge on any atom is -0.462 e. The van der Waals surface area contributed by atoms with Crippen molar-refractivity contribution < 1.29 is 61.9 Å². The normalized spacial score (nSPS) is 13.8. The first-order chi connectivity index (χ1) is 17.7. The van der Waals surface area contributed by atoms with Crippen molar-refractivity contribution in [3.8, 4) is 0 Å². The summed E-state index contributed by atoms with van der Waals surface area (Å²) in [6.45, 7) is 9.76. The molecule has 38 heavy (non-hydrogen) atoms. The molecule has 212 valence electrons. The standard InChI is InChI=1S/C23H34N3O12/c1-9-25-12(3)24-22(26(25)23(32)33-10-2)21(38-17(8)31)20(37-16(7)30)19(36-15(6)29)18(35-14(5)28)11-34-13(4)27/h18-21H,9-11H2,1-8H3/q+1/t18-,19-,20-,21+/m1/s1. The maximum Gasteiger partial charge on any atom is 0.453 e. The molecule has 0 spiro atoms. The van der Waals surface area contributed by atoms with E-state index in [0.717, 1.165) is 39.3 Å². The molecular weight excluding hydrogens is 510 g/mol. The number of ether oxygens (including phenoxy) is 6. The molecule has 0 unspecified atom stereocenters. The minimum absolute atomic E-state index is 0.00218. The SMILES string of the molecule is CCOC(=O)n1c([C@@H](OC(C)=O)[C@H](OC(C)=O)[C@H](OC(C)=O)[C@@H](COC(C)=O)OC(C)=O)nc(C)[n+]1CC. The van der Waals surface area contributed by atoms with Crippen LogP contribution in [0.1, 0.15) is 66.2 Å². The Balaban J connectivity index is 3.93. The van der Waals surface area contributed by atoms with E-state index in [2.05, 4.69) is 4.98 Å². The third-order valence-corrected chi connectivity index (χ3v) is 4.76. The van der Waals surface area contributed by atoms with Gasteiger partial charge in [0.1, 0.15) is 13.2 Å². The highest BCUT2D eigenvalue weighted by Crippen LogP contribution is 2.29. The third-order valence-electron chi connectivity index (χ3n) is 4.76. The molecule has 0 aliphatic heterocycles. The lowest BCUT2D eigenvalue weighted by atomic mass is 10.0. The van der Waals surface area contributed by atoms with Crippen LogP contribution >= 0.6 is 0 Å². The Bertz CT molecular complexity index is 1050. The highest BCUT2D eigenvalue weighted by Gasteiger charge is 2.50. The van der Waals surface area contributed by atoms with Crippen LogP contribution in [0.3, 0.4) is 0 Å². The Morgan fingerprint density at radius 2 is 1.29 bits per heavy atom. The second-order valence-electron chi connectivity index (χ2n) is 7.87. The molecular formula is C23H34N3O12+. The predicted octanol–water partition coefficient (Wildman–Crippen LogP) is 0.466. The van der Waals surface area contributed by atoms with Gasteiger partial charge < -0.3 is 28.4 Å². The fourth-order valence-electron chi connectivity index (χ4n) is 3.56. The van der Waals surface area contributed by atoms with Gasteiger partial charge in [0.2, 0.25) is 6.10 Å². The van der Waals surface area contributed by atoms with Crippen molar-refractivity contribution in [2.24, 2.45) is 0 Å². The number of aromatic nitrogens is 3. The van der Waals surface area contributed by atoms with Crippen molar-refractivity contribution in [3.63, 3.8) is 0 Å². The van der Waals surface area contributed by atoms with Gasteiger partial charge in [0.25, 0.3) is 0 Å². The smallest absolute Gasteiger partial charge is 0.453 e. The maximum absolute atomic E-state index is 12.9. The molecule has 15 nitrogen and oxygen atoms in total. The highest BCUT2D eigenvalue weighted by atomic mass is 16.6. The minimum atomic E-state index is -1.74. The lowest BCUT2D eigenvalue weighted by Crippen LogP contribution is -2.52. The van der Waals surface area contributed by atoms with Crippen molar-refractivity contribution in [3.05, 3.63) is 11.6 Å². The van der Waals surface area contributed by atoms with Crippen LogP contribution < -0.4 is 4.68 Å². The summed E-state index contributed by atoms with van der Waals surface area (Å²) >= 11 is 0. The summed E-state index contributed by atoms with van der Waals surface area (Å²) in [4.78, 5) is 77.1. The lowest BCUT2D eigenvalue weighted by Gasteiger charge is -2.34. The van der Waals surface area contributed by atoms with E-state index in [0.29, 0.717) is 5.82 Å². The van der Waals surface area contributed by atoms with Crippen LogP contribution in [0, 0.1) is 6.92 Å². The summed E-state index contributed by atoms with van der Waals surface area (Å²) in [5.74, 6) is -4.23. The maximum atomic E-state index is 12.9. The summed E-state index contributed by atoms with van der Waals surface area (Å²) in [7, 11) is 0. The quantitative estimate of drug-likeness (QED) is 0.201. The summed E-state index contributed by atoms with van der Waals surface area (Å²) in [6.07, 6.45) is -7.52. The Morgan fingerprint density at radius 1 is 0.763 bits per heavy atom. The molecule has 4 atom stereocenters. The molecule has 0 saturated carbocycles. The molecule has 0 aliphatic carbocycles. The first-order valence-corrected chi connectivity index (χ1v) is 11.7. The summed E-state index contributed by atoms with van der Waals surface area (Å²) in [5.41, 5.74) is 0. The third kappa shape index (κ3) is 9.12. The molecule has 1 heterocycles. The fraction of sp³-hybridized carbons (Fsp3) is 0.652. The monoisotopic (exact) mass is 544 g/mol. The molecule has 0 fully saturated rings. The zero-order valence-electron chi connectivity index (χ0n) is 22.7. The lowest BCUT2D eigenvalue weighted by molar-refractivity contribution is -0.769. The van der Waals surface area contributed by atoms with E-state index >= 15 is 0 Å². The van der Waals surface area contributed by atoms with Crippen LogP contribution in [0.2, 0.25) is 0 Å². The van der Waals surface area contributed by atoms with Gasteiger partial charge in [-0.15, -0.1) is 4.68 Å². The molecule has 1 aromatic rings. The van der Waals surface area contributed by atoms with Crippen molar-refractivity contribution in [2.75, 3.05) is 13.2 Å². The molecule has 0 aromatic carbocycles. The van der Waals surface area contributed by atoms with Gasteiger partial charge >= 0.3 is 47.6 Å². The highest BCUT2D eigenvalue weighted by molar-refractivity contribution is 5.71.